The van der Waals surface area contributed by atoms with E-state index in [0.29, 0.717) is 24.1 Å². The van der Waals surface area contributed by atoms with Gasteiger partial charge in [0.25, 0.3) is 5.89 Å². The lowest BCUT2D eigenvalue weighted by atomic mass is 10.1. The number of aromatic nitrogens is 5. The van der Waals surface area contributed by atoms with E-state index in [-0.39, 0.29) is 0 Å². The van der Waals surface area contributed by atoms with E-state index in [1.54, 1.807) is 19.3 Å². The van der Waals surface area contributed by atoms with E-state index in [2.05, 4.69) is 37.7 Å². The minimum Gasteiger partial charge on any atom is -0.365 e. The number of hydrogen-bond donors (Lipinski definition) is 1. The van der Waals surface area contributed by atoms with Crippen molar-refractivity contribution in [3.8, 4) is 11.5 Å². The molecule has 130 valence electrons. The van der Waals surface area contributed by atoms with Gasteiger partial charge in [-0.05, 0) is 36.2 Å². The Balaban J connectivity index is 1.55. The second kappa shape index (κ2) is 7.18. The minimum atomic E-state index is 0.461. The molecule has 0 aliphatic heterocycles. The largest absolute Gasteiger partial charge is 0.365 e. The van der Waals surface area contributed by atoms with Gasteiger partial charge in [-0.2, -0.15) is 10.1 Å². The van der Waals surface area contributed by atoms with Crippen LogP contribution >= 0.6 is 0 Å². The molecular formula is C19H18N6O. The van der Waals surface area contributed by atoms with Crippen molar-refractivity contribution in [1.29, 1.82) is 0 Å². The second-order valence-electron chi connectivity index (χ2n) is 5.87. The molecule has 0 aliphatic rings. The third kappa shape index (κ3) is 3.46. The maximum absolute atomic E-state index is 5.28. The summed E-state index contributed by atoms with van der Waals surface area (Å²) >= 11 is 0. The molecule has 4 rings (SSSR count). The zero-order valence-electron chi connectivity index (χ0n) is 14.3. The maximum Gasteiger partial charge on any atom is 0.261 e. The SMILES string of the molecule is Cc1noc(-c2cccnc2NCc2ccccc2Cn2cccn2)n1. The average molecular weight is 346 g/mol. The summed E-state index contributed by atoms with van der Waals surface area (Å²) in [5, 5.41) is 11.5. The van der Waals surface area contributed by atoms with Crippen LogP contribution in [-0.4, -0.2) is 24.9 Å². The van der Waals surface area contributed by atoms with E-state index in [9.17, 15) is 0 Å². The van der Waals surface area contributed by atoms with Gasteiger partial charge in [-0.15, -0.1) is 0 Å². The zero-order chi connectivity index (χ0) is 17.8. The number of hydrogen-bond acceptors (Lipinski definition) is 6. The zero-order valence-corrected chi connectivity index (χ0v) is 14.3. The van der Waals surface area contributed by atoms with Crippen molar-refractivity contribution in [2.75, 3.05) is 5.32 Å². The fraction of sp³-hybridized carbons (Fsp3) is 0.158. The molecule has 7 heteroatoms. The molecule has 4 aromatic rings. The normalized spacial score (nSPS) is 10.8. The fourth-order valence-electron chi connectivity index (χ4n) is 2.76. The highest BCUT2D eigenvalue weighted by atomic mass is 16.5. The van der Waals surface area contributed by atoms with Gasteiger partial charge in [0.15, 0.2) is 5.82 Å². The van der Waals surface area contributed by atoms with Crippen molar-refractivity contribution in [3.63, 3.8) is 0 Å². The first kappa shape index (κ1) is 16.0. The fourth-order valence-corrected chi connectivity index (χ4v) is 2.76. The van der Waals surface area contributed by atoms with Crippen LogP contribution in [0.5, 0.6) is 0 Å². The number of benzene rings is 1. The molecule has 1 aromatic carbocycles. The monoisotopic (exact) mass is 346 g/mol. The number of nitrogens with one attached hydrogen (secondary N) is 1. The van der Waals surface area contributed by atoms with Crippen LogP contribution in [0.1, 0.15) is 17.0 Å². The van der Waals surface area contributed by atoms with E-state index in [4.69, 9.17) is 4.52 Å². The van der Waals surface area contributed by atoms with Crippen LogP contribution in [0.4, 0.5) is 5.82 Å². The van der Waals surface area contributed by atoms with Crippen molar-refractivity contribution in [2.45, 2.75) is 20.0 Å². The Bertz CT molecular complexity index is 993. The predicted molar refractivity (Wildman–Crippen MR) is 97.4 cm³/mol. The highest BCUT2D eigenvalue weighted by Gasteiger charge is 2.13. The molecule has 0 radical (unpaired) electrons. The van der Waals surface area contributed by atoms with Gasteiger partial charge < -0.3 is 9.84 Å². The molecule has 0 aliphatic carbocycles. The summed E-state index contributed by atoms with van der Waals surface area (Å²) in [6.07, 6.45) is 5.48. The summed E-state index contributed by atoms with van der Waals surface area (Å²) in [6, 6.07) is 14.0. The van der Waals surface area contributed by atoms with Crippen molar-refractivity contribution < 1.29 is 4.52 Å². The van der Waals surface area contributed by atoms with Crippen LogP contribution in [0.25, 0.3) is 11.5 Å². The number of rotatable bonds is 6. The van der Waals surface area contributed by atoms with Crippen LogP contribution in [-0.2, 0) is 13.1 Å². The third-order valence-electron chi connectivity index (χ3n) is 4.02. The summed E-state index contributed by atoms with van der Waals surface area (Å²) in [5.41, 5.74) is 3.17. The van der Waals surface area contributed by atoms with Crippen LogP contribution in [0.15, 0.2) is 65.6 Å². The van der Waals surface area contributed by atoms with Gasteiger partial charge in [-0.25, -0.2) is 4.98 Å². The Hall–Kier alpha value is -3.48. The van der Waals surface area contributed by atoms with Crippen LogP contribution in [0, 0.1) is 6.92 Å². The Labute approximate surface area is 150 Å². The molecule has 0 atom stereocenters. The highest BCUT2D eigenvalue weighted by Crippen LogP contribution is 2.25. The Morgan fingerprint density at radius 1 is 1.04 bits per heavy atom. The topological polar surface area (TPSA) is 81.7 Å². The first-order valence-corrected chi connectivity index (χ1v) is 8.33. The number of nitrogens with zero attached hydrogens (tertiary/aromatic N) is 5. The lowest BCUT2D eigenvalue weighted by Gasteiger charge is -2.12. The van der Waals surface area contributed by atoms with Gasteiger partial charge in [0, 0.05) is 25.1 Å². The smallest absolute Gasteiger partial charge is 0.261 e. The summed E-state index contributed by atoms with van der Waals surface area (Å²) in [5.74, 6) is 1.77. The maximum atomic E-state index is 5.28. The molecular weight excluding hydrogens is 328 g/mol. The standard InChI is InChI=1S/C19H18N6O/c1-14-23-19(26-24-14)17-8-4-9-20-18(17)21-12-15-6-2-3-7-16(15)13-25-11-5-10-22-25/h2-11H,12-13H2,1H3,(H,20,21). The lowest BCUT2D eigenvalue weighted by Crippen LogP contribution is -2.08. The van der Waals surface area contributed by atoms with Crippen molar-refractivity contribution in [3.05, 3.63) is 78.0 Å². The van der Waals surface area contributed by atoms with E-state index >= 15 is 0 Å². The van der Waals surface area contributed by atoms with Crippen LogP contribution in [0.2, 0.25) is 0 Å². The van der Waals surface area contributed by atoms with E-state index in [1.165, 1.54) is 11.1 Å². The number of anilines is 1. The van der Waals surface area contributed by atoms with E-state index < -0.39 is 0 Å². The molecule has 0 spiro atoms. The molecule has 1 N–H and O–H groups in total. The minimum absolute atomic E-state index is 0.461. The molecule has 3 heterocycles. The predicted octanol–water partition coefficient (Wildman–Crippen LogP) is 3.30. The molecule has 0 fully saturated rings. The van der Waals surface area contributed by atoms with Crippen molar-refractivity contribution in [2.24, 2.45) is 0 Å². The third-order valence-corrected chi connectivity index (χ3v) is 4.02. The van der Waals surface area contributed by atoms with Gasteiger partial charge in [-0.3, -0.25) is 4.68 Å². The first-order chi connectivity index (χ1) is 12.8. The Morgan fingerprint density at radius 3 is 2.69 bits per heavy atom. The molecule has 0 bridgehead atoms. The van der Waals surface area contributed by atoms with Gasteiger partial charge in [0.1, 0.15) is 5.82 Å². The molecule has 0 unspecified atom stereocenters. The van der Waals surface area contributed by atoms with Gasteiger partial charge in [0.05, 0.1) is 12.1 Å². The van der Waals surface area contributed by atoms with Crippen molar-refractivity contribution in [1.82, 2.24) is 24.9 Å². The number of pyridine rings is 1. The summed E-state index contributed by atoms with van der Waals surface area (Å²) in [6.45, 7) is 3.15. The van der Waals surface area contributed by atoms with Gasteiger partial charge >= 0.3 is 0 Å². The van der Waals surface area contributed by atoms with Gasteiger partial charge in [0.2, 0.25) is 0 Å². The van der Waals surface area contributed by atoms with E-state index in [1.807, 2.05) is 41.2 Å². The Morgan fingerprint density at radius 2 is 1.92 bits per heavy atom. The van der Waals surface area contributed by atoms with Gasteiger partial charge in [-0.1, -0.05) is 29.4 Å². The highest BCUT2D eigenvalue weighted by molar-refractivity contribution is 5.68. The van der Waals surface area contributed by atoms with Crippen molar-refractivity contribution >= 4 is 5.82 Å². The molecule has 7 nitrogen and oxygen atoms in total. The molecule has 0 saturated heterocycles. The summed E-state index contributed by atoms with van der Waals surface area (Å²) in [4.78, 5) is 8.72. The lowest BCUT2D eigenvalue weighted by molar-refractivity contribution is 0.425. The summed E-state index contributed by atoms with van der Waals surface area (Å²) in [7, 11) is 0. The van der Waals surface area contributed by atoms with Crippen LogP contribution in [0.3, 0.4) is 0 Å². The molecule has 0 saturated carbocycles. The molecule has 0 amide bonds. The Kier molecular flexibility index (Phi) is 4.42. The molecule has 26 heavy (non-hydrogen) atoms. The second-order valence-corrected chi connectivity index (χ2v) is 5.87. The summed E-state index contributed by atoms with van der Waals surface area (Å²) < 4.78 is 7.19. The average Bonchev–Trinajstić information content (AvgIpc) is 3.33. The first-order valence-electron chi connectivity index (χ1n) is 8.33. The molecule has 3 aromatic heterocycles. The van der Waals surface area contributed by atoms with Crippen LogP contribution < -0.4 is 5.32 Å². The number of aryl methyl sites for hydroxylation is 1. The van der Waals surface area contributed by atoms with E-state index in [0.717, 1.165) is 12.1 Å². The quantitative estimate of drug-likeness (QED) is 0.577.